The highest BCUT2D eigenvalue weighted by atomic mass is 16.7. The maximum absolute atomic E-state index is 11.6. The van der Waals surface area contributed by atoms with Crippen LogP contribution in [-0.2, 0) is 29.8 Å². The van der Waals surface area contributed by atoms with E-state index in [-0.39, 0.29) is 22.9 Å². The number of hydrogen-bond acceptors (Lipinski definition) is 4. The number of carbonyl (C=O) groups excluding carboxylic acids is 1. The van der Waals surface area contributed by atoms with E-state index in [1.807, 2.05) is 6.07 Å². The number of fused-ring (bicyclic) bond motifs is 1. The van der Waals surface area contributed by atoms with Crippen molar-refractivity contribution in [2.24, 2.45) is 0 Å². The van der Waals surface area contributed by atoms with E-state index in [4.69, 9.17) is 22.1 Å². The van der Waals surface area contributed by atoms with Crippen molar-refractivity contribution in [1.29, 1.82) is 0 Å². The van der Waals surface area contributed by atoms with E-state index in [1.54, 1.807) is 0 Å². The number of hydrogen-bond donors (Lipinski definition) is 0. The molecule has 1 aliphatic heterocycles. The second-order valence-electron chi connectivity index (χ2n) is 8.01. The Morgan fingerprint density at radius 3 is 2.38 bits per heavy atom. The van der Waals surface area contributed by atoms with Gasteiger partial charge in [-0.05, 0) is 23.0 Å². The van der Waals surface area contributed by atoms with E-state index >= 15 is 0 Å². The lowest BCUT2D eigenvalue weighted by Crippen LogP contribution is -2.48. The molecule has 1 atom stereocenters. The van der Waals surface area contributed by atoms with Gasteiger partial charge in [0.05, 0.1) is 13.2 Å². The van der Waals surface area contributed by atoms with Crippen LogP contribution >= 0.6 is 0 Å². The molecular formula is C19H25BO4. The highest BCUT2D eigenvalue weighted by molar-refractivity contribution is 6.33. The number of carbonyl (C=O) groups is 1. The molecule has 24 heavy (non-hydrogen) atoms. The van der Waals surface area contributed by atoms with Gasteiger partial charge in [0.25, 0.3) is 0 Å². The van der Waals surface area contributed by atoms with Gasteiger partial charge in [-0.25, -0.2) is 0 Å². The monoisotopic (exact) mass is 328 g/mol. The van der Waals surface area contributed by atoms with Crippen molar-refractivity contribution in [2.45, 2.75) is 64.3 Å². The third-order valence-electron chi connectivity index (χ3n) is 5.33. The van der Waals surface area contributed by atoms with E-state index in [1.165, 1.54) is 12.5 Å². The minimum Gasteiger partial charge on any atom is -0.462 e. The molecule has 1 saturated heterocycles. The largest absolute Gasteiger partial charge is 0.462 e. The molecule has 0 bridgehead atoms. The Bertz CT molecular complexity index is 660. The Labute approximate surface area is 145 Å². The summed E-state index contributed by atoms with van der Waals surface area (Å²) < 4.78 is 16.9. The molecule has 3 rings (SSSR count). The van der Waals surface area contributed by atoms with Crippen molar-refractivity contribution < 1.29 is 19.0 Å². The molecule has 1 aliphatic carbocycles. The van der Waals surface area contributed by atoms with E-state index in [0.29, 0.717) is 18.7 Å². The molecule has 5 heteroatoms. The van der Waals surface area contributed by atoms with Gasteiger partial charge in [0.15, 0.2) is 6.29 Å². The van der Waals surface area contributed by atoms with E-state index in [0.717, 1.165) is 17.5 Å². The topological polar surface area (TPSA) is 44.8 Å². The summed E-state index contributed by atoms with van der Waals surface area (Å²) in [7, 11) is 6.30. The molecule has 1 aromatic carbocycles. The van der Waals surface area contributed by atoms with Crippen molar-refractivity contribution in [1.82, 2.24) is 0 Å². The lowest BCUT2D eigenvalue weighted by molar-refractivity contribution is -0.151. The normalized spacial score (nSPS) is 25.3. The lowest BCUT2D eigenvalue weighted by Gasteiger charge is -2.47. The van der Waals surface area contributed by atoms with Gasteiger partial charge in [0.1, 0.15) is 14.0 Å². The van der Waals surface area contributed by atoms with Gasteiger partial charge >= 0.3 is 5.97 Å². The zero-order chi connectivity index (χ0) is 17.7. The van der Waals surface area contributed by atoms with Crippen LogP contribution in [0.3, 0.4) is 0 Å². The van der Waals surface area contributed by atoms with Crippen LogP contribution in [0.15, 0.2) is 12.1 Å². The zero-order valence-electron chi connectivity index (χ0n) is 15.1. The highest BCUT2D eigenvalue weighted by Gasteiger charge is 2.46. The van der Waals surface area contributed by atoms with Gasteiger partial charge in [-0.3, -0.25) is 4.79 Å². The summed E-state index contributed by atoms with van der Waals surface area (Å²) in [5.74, 6) is -0.245. The predicted molar refractivity (Wildman–Crippen MR) is 92.7 cm³/mol. The van der Waals surface area contributed by atoms with Gasteiger partial charge in [0, 0.05) is 17.9 Å². The van der Waals surface area contributed by atoms with Crippen LogP contribution in [0.5, 0.6) is 0 Å². The Morgan fingerprint density at radius 2 is 1.79 bits per heavy atom. The van der Waals surface area contributed by atoms with Crippen molar-refractivity contribution in [3.63, 3.8) is 0 Å². The molecule has 0 aromatic heterocycles. The smallest absolute Gasteiger partial charge is 0.302 e. The molecule has 2 aliphatic rings. The van der Waals surface area contributed by atoms with Crippen LogP contribution in [0.4, 0.5) is 0 Å². The first-order valence-electron chi connectivity index (χ1n) is 8.48. The number of rotatable bonds is 2. The summed E-state index contributed by atoms with van der Waals surface area (Å²) >= 11 is 0. The fourth-order valence-electron chi connectivity index (χ4n) is 3.86. The highest BCUT2D eigenvalue weighted by Crippen LogP contribution is 2.47. The minimum atomic E-state index is -0.414. The molecule has 0 N–H and O–H groups in total. The summed E-state index contributed by atoms with van der Waals surface area (Å²) in [6.07, 6.45) is 0.171. The molecule has 0 spiro atoms. The third-order valence-corrected chi connectivity index (χ3v) is 5.33. The van der Waals surface area contributed by atoms with Crippen LogP contribution in [0.1, 0.15) is 64.0 Å². The fourth-order valence-corrected chi connectivity index (χ4v) is 3.86. The van der Waals surface area contributed by atoms with Crippen molar-refractivity contribution in [3.8, 4) is 0 Å². The summed E-state index contributed by atoms with van der Waals surface area (Å²) in [6.45, 7) is 11.2. The molecule has 0 amide bonds. The lowest BCUT2D eigenvalue weighted by atomic mass is 9.60. The molecule has 1 heterocycles. The fraction of sp³-hybridized carbons (Fsp3) is 0.632. The van der Waals surface area contributed by atoms with E-state index in [2.05, 4.69) is 33.8 Å². The third kappa shape index (κ3) is 2.88. The van der Waals surface area contributed by atoms with Crippen LogP contribution in [0, 0.1) is 0 Å². The van der Waals surface area contributed by atoms with Gasteiger partial charge < -0.3 is 14.2 Å². The maximum atomic E-state index is 11.6. The van der Waals surface area contributed by atoms with E-state index < -0.39 is 6.29 Å². The predicted octanol–water partition coefficient (Wildman–Crippen LogP) is 2.42. The Morgan fingerprint density at radius 1 is 1.17 bits per heavy atom. The van der Waals surface area contributed by atoms with E-state index in [9.17, 15) is 4.79 Å². The van der Waals surface area contributed by atoms with Crippen molar-refractivity contribution in [2.75, 3.05) is 13.2 Å². The first kappa shape index (κ1) is 17.5. The summed E-state index contributed by atoms with van der Waals surface area (Å²) in [6, 6.07) is 4.12. The molecule has 1 aromatic rings. The Kier molecular flexibility index (Phi) is 4.29. The molecule has 128 valence electrons. The second kappa shape index (κ2) is 5.89. The average Bonchev–Trinajstić information content (AvgIpc) is 2.98. The number of benzene rings is 1. The average molecular weight is 328 g/mol. The summed E-state index contributed by atoms with van der Waals surface area (Å²) in [5.41, 5.74) is 3.46. The standard InChI is InChI=1S/C19H25BO4/c1-11(21)24-16-10-18(2,3)13-9-15(20)12(17-22-6-7-23-17)8-14(13)19(16,4)5/h8-9,16-17H,6-7,10H2,1-5H3. The molecule has 4 nitrogen and oxygen atoms in total. The SMILES string of the molecule is [B]c1cc2c(cc1C1OCCO1)C(C)(C)C(OC(C)=O)CC2(C)C. The molecule has 1 unspecified atom stereocenters. The Balaban J connectivity index is 2.12. The summed E-state index contributed by atoms with van der Waals surface area (Å²) in [4.78, 5) is 11.6. The maximum Gasteiger partial charge on any atom is 0.302 e. The van der Waals surface area contributed by atoms with Crippen LogP contribution in [0.25, 0.3) is 0 Å². The second-order valence-corrected chi connectivity index (χ2v) is 8.01. The quantitative estimate of drug-likeness (QED) is 0.618. The van der Waals surface area contributed by atoms with Gasteiger partial charge in [-0.1, -0.05) is 45.3 Å². The molecule has 0 saturated carbocycles. The van der Waals surface area contributed by atoms with Gasteiger partial charge in [-0.2, -0.15) is 0 Å². The first-order chi connectivity index (χ1) is 11.1. The van der Waals surface area contributed by atoms with Crippen LogP contribution < -0.4 is 5.46 Å². The number of esters is 1. The number of ether oxygens (including phenoxy) is 3. The van der Waals surface area contributed by atoms with Crippen molar-refractivity contribution >= 4 is 19.3 Å². The zero-order valence-corrected chi connectivity index (χ0v) is 15.1. The van der Waals surface area contributed by atoms with Crippen LogP contribution in [0.2, 0.25) is 0 Å². The summed E-state index contributed by atoms with van der Waals surface area (Å²) in [5, 5.41) is 0. The Hall–Kier alpha value is -1.33. The van der Waals surface area contributed by atoms with Crippen molar-refractivity contribution in [3.05, 3.63) is 28.8 Å². The molecular weight excluding hydrogens is 303 g/mol. The van der Waals surface area contributed by atoms with Crippen LogP contribution in [-0.4, -0.2) is 33.1 Å². The van der Waals surface area contributed by atoms with Gasteiger partial charge in [0.2, 0.25) is 0 Å². The minimum absolute atomic E-state index is 0.130. The first-order valence-corrected chi connectivity index (χ1v) is 8.48. The molecule has 1 fully saturated rings. The van der Waals surface area contributed by atoms with Gasteiger partial charge in [-0.15, -0.1) is 0 Å². The molecule has 2 radical (unpaired) electrons.